The van der Waals surface area contributed by atoms with Crippen molar-refractivity contribution in [1.82, 2.24) is 15.0 Å². The van der Waals surface area contributed by atoms with Crippen molar-refractivity contribution in [2.75, 3.05) is 5.32 Å². The highest BCUT2D eigenvalue weighted by Gasteiger charge is 2.19. The number of anilines is 1. The fourth-order valence-electron chi connectivity index (χ4n) is 3.08. The van der Waals surface area contributed by atoms with Crippen molar-refractivity contribution in [3.8, 4) is 0 Å². The third kappa shape index (κ3) is 2.64. The van der Waals surface area contributed by atoms with Crippen molar-refractivity contribution in [2.24, 2.45) is 0 Å². The lowest BCUT2D eigenvalue weighted by Gasteiger charge is -2.07. The quantitative estimate of drug-likeness (QED) is 0.582. The summed E-state index contributed by atoms with van der Waals surface area (Å²) in [5.41, 5.74) is 3.44. The van der Waals surface area contributed by atoms with Crippen LogP contribution in [0.5, 0.6) is 0 Å². The molecule has 0 bridgehead atoms. The van der Waals surface area contributed by atoms with Gasteiger partial charge in [-0.3, -0.25) is 9.78 Å². The van der Waals surface area contributed by atoms with Gasteiger partial charge in [-0.25, -0.2) is 9.97 Å². The van der Waals surface area contributed by atoms with Gasteiger partial charge in [-0.15, -0.1) is 11.3 Å². The van der Waals surface area contributed by atoms with Gasteiger partial charge in [0.1, 0.15) is 10.7 Å². The van der Waals surface area contributed by atoms with Crippen molar-refractivity contribution in [3.05, 3.63) is 58.5 Å². The number of fused-ring (bicyclic) bond motifs is 2. The van der Waals surface area contributed by atoms with Gasteiger partial charge in [-0.2, -0.15) is 0 Å². The van der Waals surface area contributed by atoms with Gasteiger partial charge in [0.15, 0.2) is 0 Å². The molecule has 4 rings (SSSR count). The standard InChI is InChI=1S/C19H16N4OS/c1-10-16-11(2)21-12(3)22-19(16)25-17(10)18(24)23-15-8-4-7-14-13(15)6-5-9-20-14/h4-9H,1-3H3,(H,23,24). The number of pyridine rings is 1. The Bertz CT molecular complexity index is 1130. The highest BCUT2D eigenvalue weighted by molar-refractivity contribution is 7.20. The van der Waals surface area contributed by atoms with Gasteiger partial charge in [0.05, 0.1) is 16.1 Å². The summed E-state index contributed by atoms with van der Waals surface area (Å²) in [7, 11) is 0. The Balaban J connectivity index is 1.78. The fraction of sp³-hybridized carbons (Fsp3) is 0.158. The van der Waals surface area contributed by atoms with E-state index in [0.717, 1.165) is 43.9 Å². The number of aryl methyl sites for hydroxylation is 3. The number of benzene rings is 1. The molecule has 0 aliphatic rings. The van der Waals surface area contributed by atoms with E-state index in [2.05, 4.69) is 20.3 Å². The van der Waals surface area contributed by atoms with Gasteiger partial charge in [-0.1, -0.05) is 6.07 Å². The summed E-state index contributed by atoms with van der Waals surface area (Å²) in [5.74, 6) is 0.590. The van der Waals surface area contributed by atoms with Crippen LogP contribution in [0.2, 0.25) is 0 Å². The molecule has 0 aliphatic heterocycles. The Labute approximate surface area is 148 Å². The average Bonchev–Trinajstić information content (AvgIpc) is 2.92. The van der Waals surface area contributed by atoms with E-state index in [1.165, 1.54) is 11.3 Å². The predicted octanol–water partition coefficient (Wildman–Crippen LogP) is 4.42. The molecule has 3 aromatic heterocycles. The summed E-state index contributed by atoms with van der Waals surface area (Å²) in [6.07, 6.45) is 1.74. The molecule has 4 aromatic rings. The summed E-state index contributed by atoms with van der Waals surface area (Å²) < 4.78 is 0. The number of nitrogens with zero attached hydrogens (tertiary/aromatic N) is 3. The lowest BCUT2D eigenvalue weighted by Crippen LogP contribution is -2.11. The fourth-order valence-corrected chi connectivity index (χ4v) is 4.25. The lowest BCUT2D eigenvalue weighted by atomic mass is 10.1. The zero-order valence-electron chi connectivity index (χ0n) is 14.1. The van der Waals surface area contributed by atoms with Crippen LogP contribution in [0.15, 0.2) is 36.5 Å². The Morgan fingerprint density at radius 1 is 1.08 bits per heavy atom. The van der Waals surface area contributed by atoms with Crippen molar-refractivity contribution in [3.63, 3.8) is 0 Å². The zero-order chi connectivity index (χ0) is 17.6. The summed E-state index contributed by atoms with van der Waals surface area (Å²) >= 11 is 1.41. The smallest absolute Gasteiger partial charge is 0.266 e. The second kappa shape index (κ2) is 5.89. The van der Waals surface area contributed by atoms with Crippen LogP contribution in [-0.2, 0) is 0 Å². The van der Waals surface area contributed by atoms with E-state index in [9.17, 15) is 4.79 Å². The third-order valence-electron chi connectivity index (χ3n) is 4.18. The third-order valence-corrected chi connectivity index (χ3v) is 5.37. The van der Waals surface area contributed by atoms with Gasteiger partial charge in [0.25, 0.3) is 5.91 Å². The Kier molecular flexibility index (Phi) is 3.69. The zero-order valence-corrected chi connectivity index (χ0v) is 14.9. The van der Waals surface area contributed by atoms with Crippen LogP contribution in [-0.4, -0.2) is 20.9 Å². The first-order chi connectivity index (χ1) is 12.0. The van der Waals surface area contributed by atoms with Crippen LogP contribution in [0.25, 0.3) is 21.1 Å². The van der Waals surface area contributed by atoms with E-state index in [4.69, 9.17) is 0 Å². The van der Waals surface area contributed by atoms with Gasteiger partial charge in [-0.05, 0) is 50.6 Å². The molecule has 3 heterocycles. The van der Waals surface area contributed by atoms with E-state index in [0.29, 0.717) is 4.88 Å². The molecule has 6 heteroatoms. The molecule has 5 nitrogen and oxygen atoms in total. The number of thiophene rings is 1. The molecule has 0 radical (unpaired) electrons. The van der Waals surface area contributed by atoms with Crippen LogP contribution in [0, 0.1) is 20.8 Å². The van der Waals surface area contributed by atoms with E-state index in [1.54, 1.807) is 6.20 Å². The molecule has 1 aromatic carbocycles. The highest BCUT2D eigenvalue weighted by atomic mass is 32.1. The van der Waals surface area contributed by atoms with Crippen LogP contribution in [0.1, 0.15) is 26.8 Å². The molecule has 0 saturated heterocycles. The van der Waals surface area contributed by atoms with Crippen molar-refractivity contribution in [2.45, 2.75) is 20.8 Å². The van der Waals surface area contributed by atoms with Gasteiger partial charge in [0, 0.05) is 22.7 Å². The summed E-state index contributed by atoms with van der Waals surface area (Å²) in [6.45, 7) is 5.77. The second-order valence-electron chi connectivity index (χ2n) is 5.92. The molecule has 0 aliphatic carbocycles. The number of carbonyl (C=O) groups is 1. The van der Waals surface area contributed by atoms with E-state index < -0.39 is 0 Å². The molecular formula is C19H16N4OS. The molecular weight excluding hydrogens is 332 g/mol. The number of hydrogen-bond donors (Lipinski definition) is 1. The van der Waals surface area contributed by atoms with Crippen LogP contribution in [0.3, 0.4) is 0 Å². The van der Waals surface area contributed by atoms with Crippen molar-refractivity contribution >= 4 is 44.1 Å². The Morgan fingerprint density at radius 2 is 1.92 bits per heavy atom. The number of hydrogen-bond acceptors (Lipinski definition) is 5. The first-order valence-corrected chi connectivity index (χ1v) is 8.75. The summed E-state index contributed by atoms with van der Waals surface area (Å²) in [4.78, 5) is 27.6. The number of amides is 1. The molecule has 124 valence electrons. The molecule has 25 heavy (non-hydrogen) atoms. The lowest BCUT2D eigenvalue weighted by molar-refractivity contribution is 0.103. The molecule has 1 amide bonds. The minimum atomic E-state index is -0.131. The predicted molar refractivity (Wildman–Crippen MR) is 101 cm³/mol. The molecule has 1 N–H and O–H groups in total. The average molecular weight is 348 g/mol. The first-order valence-electron chi connectivity index (χ1n) is 7.94. The van der Waals surface area contributed by atoms with Crippen LogP contribution in [0.4, 0.5) is 5.69 Å². The number of aromatic nitrogens is 3. The van der Waals surface area contributed by atoms with Crippen LogP contribution < -0.4 is 5.32 Å². The normalized spacial score (nSPS) is 11.2. The minimum Gasteiger partial charge on any atom is -0.321 e. The summed E-state index contributed by atoms with van der Waals surface area (Å²) in [6, 6.07) is 9.53. The molecule has 0 unspecified atom stereocenters. The van der Waals surface area contributed by atoms with Crippen LogP contribution >= 0.6 is 11.3 Å². The Hall–Kier alpha value is -2.86. The molecule has 0 fully saturated rings. The van der Waals surface area contributed by atoms with Gasteiger partial charge >= 0.3 is 0 Å². The number of carbonyl (C=O) groups excluding carboxylic acids is 1. The molecule has 0 spiro atoms. The Morgan fingerprint density at radius 3 is 2.76 bits per heavy atom. The van der Waals surface area contributed by atoms with Crippen molar-refractivity contribution < 1.29 is 4.79 Å². The maximum Gasteiger partial charge on any atom is 0.266 e. The van der Waals surface area contributed by atoms with Crippen molar-refractivity contribution in [1.29, 1.82) is 0 Å². The minimum absolute atomic E-state index is 0.131. The topological polar surface area (TPSA) is 67.8 Å². The van der Waals surface area contributed by atoms with E-state index >= 15 is 0 Å². The molecule has 0 saturated carbocycles. The number of nitrogens with one attached hydrogen (secondary N) is 1. The SMILES string of the molecule is Cc1nc(C)c2c(C)c(C(=O)Nc3cccc4ncccc34)sc2n1. The number of rotatable bonds is 2. The van der Waals surface area contributed by atoms with E-state index in [1.807, 2.05) is 51.1 Å². The largest absolute Gasteiger partial charge is 0.321 e. The van der Waals surface area contributed by atoms with Gasteiger partial charge < -0.3 is 5.32 Å². The second-order valence-corrected chi connectivity index (χ2v) is 6.92. The van der Waals surface area contributed by atoms with Gasteiger partial charge in [0.2, 0.25) is 0 Å². The first kappa shape index (κ1) is 15.7. The molecule has 0 atom stereocenters. The maximum absolute atomic E-state index is 12.9. The monoisotopic (exact) mass is 348 g/mol. The highest BCUT2D eigenvalue weighted by Crippen LogP contribution is 2.32. The maximum atomic E-state index is 12.9. The summed E-state index contributed by atoms with van der Waals surface area (Å²) in [5, 5.41) is 4.91. The van der Waals surface area contributed by atoms with E-state index in [-0.39, 0.29) is 5.91 Å².